The maximum absolute atomic E-state index is 12.5. The van der Waals surface area contributed by atoms with Crippen molar-refractivity contribution in [2.24, 2.45) is 0 Å². The number of benzene rings is 3. The number of carbonyl (C=O) groups excluding carboxylic acids is 1. The highest BCUT2D eigenvalue weighted by atomic mass is 35.5. The molecule has 33 heavy (non-hydrogen) atoms. The lowest BCUT2D eigenvalue weighted by molar-refractivity contribution is -0.113. The van der Waals surface area contributed by atoms with Crippen molar-refractivity contribution in [2.75, 3.05) is 18.2 Å². The van der Waals surface area contributed by atoms with Crippen molar-refractivity contribution in [3.8, 4) is 28.9 Å². The van der Waals surface area contributed by atoms with E-state index in [9.17, 15) is 4.79 Å². The Balaban J connectivity index is 1.60. The van der Waals surface area contributed by atoms with Crippen LogP contribution < -0.4 is 10.1 Å². The number of aromatic nitrogens is 3. The average molecular weight is 476 g/mol. The van der Waals surface area contributed by atoms with E-state index in [-0.39, 0.29) is 11.7 Å². The first-order valence-corrected chi connectivity index (χ1v) is 11.2. The van der Waals surface area contributed by atoms with E-state index < -0.39 is 0 Å². The highest BCUT2D eigenvalue weighted by Crippen LogP contribution is 2.32. The molecule has 9 heteroatoms. The van der Waals surface area contributed by atoms with Crippen molar-refractivity contribution in [3.05, 3.63) is 83.4 Å². The first-order valence-electron chi connectivity index (χ1n) is 9.86. The van der Waals surface area contributed by atoms with Gasteiger partial charge in [0, 0.05) is 11.3 Å². The standard InChI is InChI=1S/C24H18ClN5O2S/c1-32-21-12-11-19(13-20(21)25)30-23(17-5-3-2-4-6-17)28-29-24(30)33-15-22(31)27-18-9-7-16(14-26)8-10-18/h2-13H,15H2,1H3,(H,27,31). The van der Waals surface area contributed by atoms with Gasteiger partial charge >= 0.3 is 0 Å². The Morgan fingerprint density at radius 1 is 1.12 bits per heavy atom. The van der Waals surface area contributed by atoms with Gasteiger partial charge in [-0.05, 0) is 42.5 Å². The van der Waals surface area contributed by atoms with Gasteiger partial charge in [-0.3, -0.25) is 9.36 Å². The summed E-state index contributed by atoms with van der Waals surface area (Å²) in [6.07, 6.45) is 0. The predicted octanol–water partition coefficient (Wildman–Crippen LogP) is 5.20. The number of anilines is 1. The number of halogens is 1. The fourth-order valence-electron chi connectivity index (χ4n) is 3.12. The Labute approximate surface area is 200 Å². The molecular weight excluding hydrogens is 458 g/mol. The Hall–Kier alpha value is -3.80. The summed E-state index contributed by atoms with van der Waals surface area (Å²) in [5, 5.41) is 21.4. The van der Waals surface area contributed by atoms with Crippen LogP contribution in [0.25, 0.3) is 17.1 Å². The van der Waals surface area contributed by atoms with E-state index in [2.05, 4.69) is 21.6 Å². The lowest BCUT2D eigenvalue weighted by Crippen LogP contribution is -2.14. The van der Waals surface area contributed by atoms with Crippen LogP contribution in [0.5, 0.6) is 5.75 Å². The van der Waals surface area contributed by atoms with E-state index in [1.54, 1.807) is 43.5 Å². The summed E-state index contributed by atoms with van der Waals surface area (Å²) >= 11 is 7.63. The van der Waals surface area contributed by atoms with E-state index >= 15 is 0 Å². The molecule has 0 aliphatic heterocycles. The smallest absolute Gasteiger partial charge is 0.234 e. The van der Waals surface area contributed by atoms with Crippen LogP contribution in [-0.2, 0) is 4.79 Å². The third-order valence-corrected chi connectivity index (χ3v) is 5.91. The second kappa shape index (κ2) is 10.2. The van der Waals surface area contributed by atoms with Crippen LogP contribution in [0.15, 0.2) is 78.0 Å². The van der Waals surface area contributed by atoms with Gasteiger partial charge in [0.15, 0.2) is 11.0 Å². The van der Waals surface area contributed by atoms with Gasteiger partial charge in [0.25, 0.3) is 0 Å². The molecular formula is C24H18ClN5O2S. The van der Waals surface area contributed by atoms with E-state index in [0.29, 0.717) is 33.0 Å². The van der Waals surface area contributed by atoms with Gasteiger partial charge < -0.3 is 10.1 Å². The molecule has 1 heterocycles. The van der Waals surface area contributed by atoms with Crippen molar-refractivity contribution in [1.29, 1.82) is 5.26 Å². The minimum absolute atomic E-state index is 0.122. The van der Waals surface area contributed by atoms with Gasteiger partial charge in [0.1, 0.15) is 5.75 Å². The topological polar surface area (TPSA) is 92.8 Å². The van der Waals surface area contributed by atoms with Crippen molar-refractivity contribution < 1.29 is 9.53 Å². The number of nitriles is 1. The van der Waals surface area contributed by atoms with Gasteiger partial charge in [-0.25, -0.2) is 0 Å². The largest absolute Gasteiger partial charge is 0.495 e. The fraction of sp³-hybridized carbons (Fsp3) is 0.0833. The maximum atomic E-state index is 12.5. The summed E-state index contributed by atoms with van der Waals surface area (Å²) in [5.74, 6) is 1.11. The average Bonchev–Trinajstić information content (AvgIpc) is 3.28. The van der Waals surface area contributed by atoms with Crippen LogP contribution >= 0.6 is 23.4 Å². The first-order chi connectivity index (χ1) is 16.1. The van der Waals surface area contributed by atoms with Gasteiger partial charge in [-0.1, -0.05) is 53.7 Å². The van der Waals surface area contributed by atoms with Crippen LogP contribution in [0.3, 0.4) is 0 Å². The molecule has 4 aromatic rings. The number of thioether (sulfide) groups is 1. The normalized spacial score (nSPS) is 10.5. The van der Waals surface area contributed by atoms with E-state index in [0.717, 1.165) is 11.3 Å². The molecule has 0 spiro atoms. The number of carbonyl (C=O) groups is 1. The molecule has 0 aliphatic rings. The number of ether oxygens (including phenoxy) is 1. The molecule has 0 bridgehead atoms. The Morgan fingerprint density at radius 2 is 1.88 bits per heavy atom. The second-order valence-corrected chi connectivity index (χ2v) is 8.20. The van der Waals surface area contributed by atoms with Crippen LogP contribution in [0.2, 0.25) is 5.02 Å². The third kappa shape index (κ3) is 5.17. The summed E-state index contributed by atoms with van der Waals surface area (Å²) < 4.78 is 7.13. The summed E-state index contributed by atoms with van der Waals surface area (Å²) in [4.78, 5) is 12.5. The molecule has 1 aromatic heterocycles. The fourth-order valence-corrected chi connectivity index (χ4v) is 4.12. The number of nitrogens with zero attached hydrogens (tertiary/aromatic N) is 4. The lowest BCUT2D eigenvalue weighted by atomic mass is 10.2. The maximum Gasteiger partial charge on any atom is 0.234 e. The van der Waals surface area contributed by atoms with Crippen molar-refractivity contribution in [1.82, 2.24) is 14.8 Å². The quantitative estimate of drug-likeness (QED) is 0.369. The van der Waals surface area contributed by atoms with Gasteiger partial charge in [0.05, 0.1) is 35.2 Å². The van der Waals surface area contributed by atoms with Crippen LogP contribution in [0.1, 0.15) is 5.56 Å². The van der Waals surface area contributed by atoms with E-state index in [4.69, 9.17) is 21.6 Å². The molecule has 0 unspecified atom stereocenters. The van der Waals surface area contributed by atoms with Gasteiger partial charge in [-0.15, -0.1) is 10.2 Å². The Kier molecular flexibility index (Phi) is 6.93. The summed E-state index contributed by atoms with van der Waals surface area (Å²) in [5.41, 5.74) is 2.78. The van der Waals surface area contributed by atoms with Crippen molar-refractivity contribution in [2.45, 2.75) is 5.16 Å². The molecule has 164 valence electrons. The SMILES string of the molecule is COc1ccc(-n2c(SCC(=O)Nc3ccc(C#N)cc3)nnc2-c2ccccc2)cc1Cl. The number of nitrogens with one attached hydrogen (secondary N) is 1. The Morgan fingerprint density at radius 3 is 2.55 bits per heavy atom. The Bertz CT molecular complexity index is 1320. The lowest BCUT2D eigenvalue weighted by Gasteiger charge is -2.12. The molecule has 1 amide bonds. The molecule has 0 atom stereocenters. The zero-order valence-corrected chi connectivity index (χ0v) is 19.1. The van der Waals surface area contributed by atoms with Crippen LogP contribution in [0, 0.1) is 11.3 Å². The number of amides is 1. The summed E-state index contributed by atoms with van der Waals surface area (Å²) in [6.45, 7) is 0. The second-order valence-electron chi connectivity index (χ2n) is 6.85. The number of rotatable bonds is 7. The minimum atomic E-state index is -0.201. The molecule has 4 rings (SSSR count). The molecule has 0 fully saturated rings. The monoisotopic (exact) mass is 475 g/mol. The molecule has 0 radical (unpaired) electrons. The van der Waals surface area contributed by atoms with Gasteiger partial charge in [-0.2, -0.15) is 5.26 Å². The molecule has 1 N–H and O–H groups in total. The minimum Gasteiger partial charge on any atom is -0.495 e. The van der Waals surface area contributed by atoms with Crippen molar-refractivity contribution >= 4 is 35.0 Å². The number of hydrogen-bond acceptors (Lipinski definition) is 6. The highest BCUT2D eigenvalue weighted by Gasteiger charge is 2.18. The zero-order chi connectivity index (χ0) is 23.2. The molecule has 0 saturated carbocycles. The summed E-state index contributed by atoms with van der Waals surface area (Å²) in [7, 11) is 1.56. The third-order valence-electron chi connectivity index (χ3n) is 4.69. The first kappa shape index (κ1) is 22.4. The molecule has 3 aromatic carbocycles. The van der Waals surface area contributed by atoms with Gasteiger partial charge in [0.2, 0.25) is 5.91 Å². The molecule has 7 nitrogen and oxygen atoms in total. The zero-order valence-electron chi connectivity index (χ0n) is 17.5. The van der Waals surface area contributed by atoms with Crippen LogP contribution in [-0.4, -0.2) is 33.5 Å². The molecule has 0 saturated heterocycles. The van der Waals surface area contributed by atoms with Crippen molar-refractivity contribution in [3.63, 3.8) is 0 Å². The number of methoxy groups -OCH3 is 1. The highest BCUT2D eigenvalue weighted by molar-refractivity contribution is 7.99. The van der Waals surface area contributed by atoms with E-state index in [1.807, 2.05) is 41.0 Å². The van der Waals surface area contributed by atoms with E-state index in [1.165, 1.54) is 11.8 Å². The van der Waals surface area contributed by atoms with Crippen LogP contribution in [0.4, 0.5) is 5.69 Å². The summed E-state index contributed by atoms with van der Waals surface area (Å²) in [6, 6.07) is 23.8. The molecule has 0 aliphatic carbocycles. The predicted molar refractivity (Wildman–Crippen MR) is 129 cm³/mol. The number of hydrogen-bond donors (Lipinski definition) is 1.